The summed E-state index contributed by atoms with van der Waals surface area (Å²) in [5.74, 6) is 0.832. The Morgan fingerprint density at radius 3 is 2.62 bits per heavy atom. The van der Waals surface area contributed by atoms with E-state index >= 15 is 0 Å². The van der Waals surface area contributed by atoms with Crippen LogP contribution in [0.5, 0.6) is 0 Å². The third kappa shape index (κ3) is 7.53. The Hall–Kier alpha value is -1.28. The van der Waals surface area contributed by atoms with E-state index in [-0.39, 0.29) is 24.0 Å². The van der Waals surface area contributed by atoms with Crippen LogP contribution >= 0.6 is 35.6 Å². The highest BCUT2D eigenvalue weighted by molar-refractivity contribution is 14.0. The van der Waals surface area contributed by atoms with Crippen molar-refractivity contribution in [1.29, 1.82) is 0 Å². The van der Waals surface area contributed by atoms with E-state index in [2.05, 4.69) is 40.8 Å². The van der Waals surface area contributed by atoms with Crippen LogP contribution < -0.4 is 10.6 Å². The molecule has 0 aliphatic carbocycles. The summed E-state index contributed by atoms with van der Waals surface area (Å²) in [6, 6.07) is 7.77. The van der Waals surface area contributed by atoms with Crippen LogP contribution in [0, 0.1) is 6.92 Å². The topological polar surface area (TPSA) is 54.2 Å². The molecule has 0 aliphatic heterocycles. The number of aryl methyl sites for hydroxylation is 2. The van der Waals surface area contributed by atoms with Crippen molar-refractivity contribution in [2.45, 2.75) is 33.4 Å². The van der Waals surface area contributed by atoms with E-state index in [0.29, 0.717) is 6.54 Å². The van der Waals surface area contributed by atoms with Crippen molar-refractivity contribution < 1.29 is 0 Å². The molecule has 0 amide bonds. The molecule has 0 saturated heterocycles. The maximum Gasteiger partial charge on any atom is 0.191 e. The number of nitrogens with one attached hydrogen (secondary N) is 2. The molecule has 0 saturated carbocycles. The molecule has 2 N–H and O–H groups in total. The Kier molecular flexibility index (Phi) is 9.78. The maximum absolute atomic E-state index is 5.89. The Labute approximate surface area is 165 Å². The van der Waals surface area contributed by atoms with Crippen LogP contribution in [0.1, 0.15) is 24.5 Å². The lowest BCUT2D eigenvalue weighted by atomic mass is 10.2. The summed E-state index contributed by atoms with van der Waals surface area (Å²) in [7, 11) is 0. The van der Waals surface area contributed by atoms with Gasteiger partial charge in [-0.15, -0.1) is 24.0 Å². The van der Waals surface area contributed by atoms with Gasteiger partial charge in [0.05, 0.1) is 12.7 Å². The molecule has 132 valence electrons. The van der Waals surface area contributed by atoms with Crippen molar-refractivity contribution >= 4 is 41.5 Å². The monoisotopic (exact) mass is 461 g/mol. The standard InChI is InChI=1S/C17H24ClN5.HI/c1-3-19-17(21-12-15-5-7-16(18)8-6-15)20-9-4-10-23-13-14(2)11-22-23;/h5-8,11,13H,3-4,9-10,12H2,1-2H3,(H2,19,20,21);1H. The van der Waals surface area contributed by atoms with E-state index in [1.807, 2.05) is 35.1 Å². The van der Waals surface area contributed by atoms with Crippen molar-refractivity contribution in [1.82, 2.24) is 20.4 Å². The van der Waals surface area contributed by atoms with E-state index < -0.39 is 0 Å². The van der Waals surface area contributed by atoms with E-state index in [0.717, 1.165) is 42.6 Å². The lowest BCUT2D eigenvalue weighted by molar-refractivity contribution is 0.570. The lowest BCUT2D eigenvalue weighted by Crippen LogP contribution is -2.38. The largest absolute Gasteiger partial charge is 0.357 e. The summed E-state index contributed by atoms with van der Waals surface area (Å²) >= 11 is 5.89. The van der Waals surface area contributed by atoms with Gasteiger partial charge in [0.2, 0.25) is 0 Å². The van der Waals surface area contributed by atoms with Gasteiger partial charge in [-0.1, -0.05) is 23.7 Å². The van der Waals surface area contributed by atoms with Crippen molar-refractivity contribution in [2.24, 2.45) is 4.99 Å². The van der Waals surface area contributed by atoms with Gasteiger partial charge in [0.1, 0.15) is 0 Å². The van der Waals surface area contributed by atoms with Gasteiger partial charge >= 0.3 is 0 Å². The molecule has 0 radical (unpaired) electrons. The number of hydrogen-bond acceptors (Lipinski definition) is 2. The smallest absolute Gasteiger partial charge is 0.191 e. The minimum absolute atomic E-state index is 0. The molecule has 2 rings (SSSR count). The Balaban J connectivity index is 0.00000288. The zero-order chi connectivity index (χ0) is 16.5. The van der Waals surface area contributed by atoms with Crippen LogP contribution in [0.2, 0.25) is 5.02 Å². The van der Waals surface area contributed by atoms with E-state index in [1.54, 1.807) is 0 Å². The number of halogens is 2. The van der Waals surface area contributed by atoms with Crippen LogP contribution in [-0.2, 0) is 13.1 Å². The van der Waals surface area contributed by atoms with Gasteiger partial charge in [0, 0.05) is 30.9 Å². The molecule has 5 nitrogen and oxygen atoms in total. The van der Waals surface area contributed by atoms with Gasteiger partial charge in [-0.2, -0.15) is 5.10 Å². The predicted octanol–water partition coefficient (Wildman–Crippen LogP) is 3.61. The average Bonchev–Trinajstić information content (AvgIpc) is 2.96. The van der Waals surface area contributed by atoms with Crippen LogP contribution in [0.15, 0.2) is 41.7 Å². The predicted molar refractivity (Wildman–Crippen MR) is 111 cm³/mol. The molecular weight excluding hydrogens is 437 g/mol. The highest BCUT2D eigenvalue weighted by Crippen LogP contribution is 2.10. The van der Waals surface area contributed by atoms with Gasteiger partial charge < -0.3 is 10.6 Å². The second kappa shape index (κ2) is 11.3. The zero-order valence-electron chi connectivity index (χ0n) is 14.1. The fourth-order valence-corrected chi connectivity index (χ4v) is 2.26. The number of hydrogen-bond donors (Lipinski definition) is 2. The molecule has 24 heavy (non-hydrogen) atoms. The first-order valence-electron chi connectivity index (χ1n) is 7.93. The average molecular weight is 462 g/mol. The van der Waals surface area contributed by atoms with Gasteiger partial charge in [-0.25, -0.2) is 4.99 Å². The number of aromatic nitrogens is 2. The summed E-state index contributed by atoms with van der Waals surface area (Å²) in [4.78, 5) is 4.59. The Morgan fingerprint density at radius 2 is 2.00 bits per heavy atom. The molecule has 2 aromatic rings. The normalized spacial score (nSPS) is 11.0. The molecule has 1 aromatic carbocycles. The summed E-state index contributed by atoms with van der Waals surface area (Å²) in [6.45, 7) is 7.33. The van der Waals surface area contributed by atoms with Gasteiger partial charge in [0.15, 0.2) is 5.96 Å². The molecule has 0 fully saturated rings. The summed E-state index contributed by atoms with van der Waals surface area (Å²) in [5, 5.41) is 11.6. The lowest BCUT2D eigenvalue weighted by Gasteiger charge is -2.11. The Morgan fingerprint density at radius 1 is 1.25 bits per heavy atom. The van der Waals surface area contributed by atoms with Gasteiger partial charge in [-0.3, -0.25) is 4.68 Å². The quantitative estimate of drug-likeness (QED) is 0.287. The van der Waals surface area contributed by atoms with Crippen LogP contribution in [-0.4, -0.2) is 28.8 Å². The summed E-state index contributed by atoms with van der Waals surface area (Å²) < 4.78 is 1.97. The van der Waals surface area contributed by atoms with Crippen molar-refractivity contribution in [3.8, 4) is 0 Å². The highest BCUT2D eigenvalue weighted by Gasteiger charge is 1.99. The molecule has 0 spiro atoms. The van der Waals surface area contributed by atoms with Crippen LogP contribution in [0.4, 0.5) is 0 Å². The highest BCUT2D eigenvalue weighted by atomic mass is 127. The summed E-state index contributed by atoms with van der Waals surface area (Å²) in [5.41, 5.74) is 2.33. The van der Waals surface area contributed by atoms with E-state index in [4.69, 9.17) is 11.6 Å². The number of benzene rings is 1. The Bertz CT molecular complexity index is 624. The molecule has 0 bridgehead atoms. The minimum Gasteiger partial charge on any atom is -0.357 e. The second-order valence-electron chi connectivity index (χ2n) is 5.38. The molecule has 0 unspecified atom stereocenters. The minimum atomic E-state index is 0. The number of guanidine groups is 1. The third-order valence-corrected chi connectivity index (χ3v) is 3.55. The molecule has 0 atom stereocenters. The molecule has 1 aromatic heterocycles. The SMILES string of the molecule is CCNC(=NCc1ccc(Cl)cc1)NCCCn1cc(C)cn1.I. The van der Waals surface area contributed by atoms with E-state index in [9.17, 15) is 0 Å². The second-order valence-corrected chi connectivity index (χ2v) is 5.82. The van der Waals surface area contributed by atoms with Crippen LogP contribution in [0.25, 0.3) is 0 Å². The first kappa shape index (κ1) is 20.8. The third-order valence-electron chi connectivity index (χ3n) is 3.30. The van der Waals surface area contributed by atoms with Crippen molar-refractivity contribution in [2.75, 3.05) is 13.1 Å². The van der Waals surface area contributed by atoms with Gasteiger partial charge in [-0.05, 0) is 43.5 Å². The van der Waals surface area contributed by atoms with Crippen molar-refractivity contribution in [3.05, 3.63) is 52.8 Å². The number of nitrogens with zero attached hydrogens (tertiary/aromatic N) is 3. The molecule has 0 aliphatic rings. The van der Waals surface area contributed by atoms with Gasteiger partial charge in [0.25, 0.3) is 0 Å². The fourth-order valence-electron chi connectivity index (χ4n) is 2.14. The summed E-state index contributed by atoms with van der Waals surface area (Å²) in [6.07, 6.45) is 4.93. The maximum atomic E-state index is 5.89. The first-order chi connectivity index (χ1) is 11.2. The number of rotatable bonds is 7. The fraction of sp³-hybridized carbons (Fsp3) is 0.412. The molecular formula is C17H25ClIN5. The van der Waals surface area contributed by atoms with Crippen LogP contribution in [0.3, 0.4) is 0 Å². The van der Waals surface area contributed by atoms with Crippen molar-refractivity contribution in [3.63, 3.8) is 0 Å². The first-order valence-corrected chi connectivity index (χ1v) is 8.31. The molecule has 7 heteroatoms. The number of aliphatic imine (C=N–C) groups is 1. The zero-order valence-corrected chi connectivity index (χ0v) is 17.2. The molecule has 1 heterocycles. The van der Waals surface area contributed by atoms with E-state index in [1.165, 1.54) is 5.56 Å².